The molecule has 3 heteroatoms. The van der Waals surface area contributed by atoms with Crippen molar-refractivity contribution in [2.24, 2.45) is 5.41 Å². The second-order valence-electron chi connectivity index (χ2n) is 5.28. The minimum atomic E-state index is -3.16. The molecule has 1 rings (SSSR count). The van der Waals surface area contributed by atoms with Gasteiger partial charge in [0.25, 0.3) is 0 Å². The number of benzene rings is 1. The molecule has 0 heterocycles. The van der Waals surface area contributed by atoms with Crippen LogP contribution in [0.3, 0.4) is 0 Å². The van der Waals surface area contributed by atoms with E-state index >= 15 is 0 Å². The standard InChI is InChI=1S/C13H19O2S/c1-11-6-5-7-12(10-11)16(14,15)9-8-13(2,3)4/h5-7,10H,1,8-9H2,2-4H3. The Labute approximate surface area is 98.6 Å². The molecule has 0 atom stereocenters. The third-order valence-corrected chi connectivity index (χ3v) is 4.09. The maximum absolute atomic E-state index is 12.0. The molecule has 1 aromatic carbocycles. The second kappa shape index (κ2) is 4.58. The third kappa shape index (κ3) is 3.97. The molecule has 0 N–H and O–H groups in total. The Morgan fingerprint density at radius 2 is 1.88 bits per heavy atom. The van der Waals surface area contributed by atoms with Gasteiger partial charge >= 0.3 is 0 Å². The zero-order chi connectivity index (χ0) is 12.4. The molecule has 0 fully saturated rings. The molecule has 89 valence electrons. The lowest BCUT2D eigenvalue weighted by molar-refractivity contribution is 0.397. The van der Waals surface area contributed by atoms with Crippen LogP contribution in [0.15, 0.2) is 29.2 Å². The number of sulfone groups is 1. The molecule has 1 radical (unpaired) electrons. The van der Waals surface area contributed by atoms with Gasteiger partial charge in [-0.25, -0.2) is 8.42 Å². The van der Waals surface area contributed by atoms with Crippen LogP contribution in [-0.4, -0.2) is 14.2 Å². The predicted octanol–water partition coefficient (Wildman–Crippen LogP) is 3.08. The van der Waals surface area contributed by atoms with E-state index in [0.717, 1.165) is 5.56 Å². The van der Waals surface area contributed by atoms with Crippen molar-refractivity contribution in [2.75, 3.05) is 5.75 Å². The summed E-state index contributed by atoms with van der Waals surface area (Å²) >= 11 is 0. The Kier molecular flexibility index (Phi) is 3.79. The smallest absolute Gasteiger partial charge is 0.178 e. The molecule has 0 unspecified atom stereocenters. The van der Waals surface area contributed by atoms with Gasteiger partial charge in [-0.05, 0) is 36.5 Å². The van der Waals surface area contributed by atoms with E-state index in [0.29, 0.717) is 11.3 Å². The van der Waals surface area contributed by atoms with E-state index in [-0.39, 0.29) is 11.2 Å². The summed E-state index contributed by atoms with van der Waals surface area (Å²) in [6, 6.07) is 6.78. The molecule has 0 aliphatic heterocycles. The average molecular weight is 239 g/mol. The summed E-state index contributed by atoms with van der Waals surface area (Å²) in [6.07, 6.45) is 0.663. The second-order valence-corrected chi connectivity index (χ2v) is 7.39. The molecule has 0 saturated carbocycles. The molecular formula is C13H19O2S. The molecular weight excluding hydrogens is 220 g/mol. The van der Waals surface area contributed by atoms with Crippen molar-refractivity contribution in [3.63, 3.8) is 0 Å². The highest BCUT2D eigenvalue weighted by Gasteiger charge is 2.19. The molecule has 1 aromatic rings. The van der Waals surface area contributed by atoms with Crippen LogP contribution in [0.4, 0.5) is 0 Å². The van der Waals surface area contributed by atoms with Gasteiger partial charge in [0.1, 0.15) is 0 Å². The Bertz CT molecular complexity index is 453. The molecule has 16 heavy (non-hydrogen) atoms. The van der Waals surface area contributed by atoms with E-state index in [1.54, 1.807) is 24.3 Å². The predicted molar refractivity (Wildman–Crippen MR) is 67.0 cm³/mol. The quantitative estimate of drug-likeness (QED) is 0.812. The zero-order valence-corrected chi connectivity index (χ0v) is 11.0. The van der Waals surface area contributed by atoms with Crippen LogP contribution in [0, 0.1) is 12.3 Å². The van der Waals surface area contributed by atoms with Crippen molar-refractivity contribution in [1.82, 2.24) is 0 Å². The minimum absolute atomic E-state index is 0.0369. The molecule has 0 aliphatic carbocycles. The van der Waals surface area contributed by atoms with Gasteiger partial charge in [-0.2, -0.15) is 0 Å². The van der Waals surface area contributed by atoms with E-state index in [4.69, 9.17) is 0 Å². The molecule has 0 aliphatic rings. The van der Waals surface area contributed by atoms with Gasteiger partial charge in [0.2, 0.25) is 0 Å². The number of hydrogen-bond acceptors (Lipinski definition) is 2. The van der Waals surface area contributed by atoms with Crippen LogP contribution in [0.2, 0.25) is 0 Å². The molecule has 2 nitrogen and oxygen atoms in total. The number of rotatable bonds is 3. The molecule has 0 bridgehead atoms. The topological polar surface area (TPSA) is 34.1 Å². The summed E-state index contributed by atoms with van der Waals surface area (Å²) in [4.78, 5) is 0.379. The van der Waals surface area contributed by atoms with Crippen LogP contribution in [0.5, 0.6) is 0 Å². The van der Waals surface area contributed by atoms with E-state index in [2.05, 4.69) is 6.92 Å². The SMILES string of the molecule is [CH2]c1cccc(S(=O)(=O)CCC(C)(C)C)c1. The first-order valence-electron chi connectivity index (χ1n) is 5.35. The van der Waals surface area contributed by atoms with E-state index in [1.807, 2.05) is 20.8 Å². The fraction of sp³-hybridized carbons (Fsp3) is 0.462. The summed E-state index contributed by atoms with van der Waals surface area (Å²) in [5.74, 6) is 0.194. The summed E-state index contributed by atoms with van der Waals surface area (Å²) in [6.45, 7) is 9.87. The van der Waals surface area contributed by atoms with E-state index in [9.17, 15) is 8.42 Å². The van der Waals surface area contributed by atoms with Gasteiger partial charge in [-0.1, -0.05) is 32.9 Å². The first-order chi connectivity index (χ1) is 7.21. The molecule has 0 aromatic heterocycles. The van der Waals surface area contributed by atoms with Gasteiger partial charge in [-0.3, -0.25) is 0 Å². The van der Waals surface area contributed by atoms with Crippen LogP contribution >= 0.6 is 0 Å². The Morgan fingerprint density at radius 1 is 1.25 bits per heavy atom. The lowest BCUT2D eigenvalue weighted by atomic mass is 9.94. The Hall–Kier alpha value is -0.830. The maximum atomic E-state index is 12.0. The minimum Gasteiger partial charge on any atom is -0.224 e. The average Bonchev–Trinajstić information content (AvgIpc) is 2.14. The van der Waals surface area contributed by atoms with Gasteiger partial charge in [0, 0.05) is 0 Å². The lowest BCUT2D eigenvalue weighted by Gasteiger charge is -2.17. The van der Waals surface area contributed by atoms with E-state index < -0.39 is 9.84 Å². The van der Waals surface area contributed by atoms with Gasteiger partial charge in [-0.15, -0.1) is 0 Å². The van der Waals surface area contributed by atoms with Crippen LogP contribution < -0.4 is 0 Å². The lowest BCUT2D eigenvalue weighted by Crippen LogP contribution is -2.14. The van der Waals surface area contributed by atoms with E-state index in [1.165, 1.54) is 0 Å². The fourth-order valence-corrected chi connectivity index (χ4v) is 3.03. The van der Waals surface area contributed by atoms with Crippen molar-refractivity contribution in [3.05, 3.63) is 36.8 Å². The van der Waals surface area contributed by atoms with Crippen LogP contribution in [-0.2, 0) is 9.84 Å². The fourth-order valence-electron chi connectivity index (χ4n) is 1.30. The first kappa shape index (κ1) is 13.2. The summed E-state index contributed by atoms with van der Waals surface area (Å²) in [5.41, 5.74) is 0.770. The molecule has 0 spiro atoms. The van der Waals surface area contributed by atoms with Crippen molar-refractivity contribution >= 4 is 9.84 Å². The number of hydrogen-bond donors (Lipinski definition) is 0. The highest BCUT2D eigenvalue weighted by atomic mass is 32.2. The molecule has 0 saturated heterocycles. The Morgan fingerprint density at radius 3 is 2.38 bits per heavy atom. The first-order valence-corrected chi connectivity index (χ1v) is 7.01. The highest BCUT2D eigenvalue weighted by molar-refractivity contribution is 7.91. The van der Waals surface area contributed by atoms with Crippen molar-refractivity contribution in [1.29, 1.82) is 0 Å². The van der Waals surface area contributed by atoms with Crippen molar-refractivity contribution < 1.29 is 8.42 Å². The van der Waals surface area contributed by atoms with Crippen LogP contribution in [0.25, 0.3) is 0 Å². The van der Waals surface area contributed by atoms with Crippen molar-refractivity contribution in [2.45, 2.75) is 32.1 Å². The largest absolute Gasteiger partial charge is 0.224 e. The summed E-state index contributed by atoms with van der Waals surface area (Å²) in [7, 11) is -3.16. The molecule has 0 amide bonds. The van der Waals surface area contributed by atoms with Gasteiger partial charge in [0.15, 0.2) is 9.84 Å². The maximum Gasteiger partial charge on any atom is 0.178 e. The normalized spacial score (nSPS) is 12.8. The highest BCUT2D eigenvalue weighted by Crippen LogP contribution is 2.22. The summed E-state index contributed by atoms with van der Waals surface area (Å²) < 4.78 is 24.0. The van der Waals surface area contributed by atoms with Crippen molar-refractivity contribution in [3.8, 4) is 0 Å². The third-order valence-electron chi connectivity index (χ3n) is 2.38. The Balaban J connectivity index is 2.87. The van der Waals surface area contributed by atoms with Gasteiger partial charge < -0.3 is 0 Å². The van der Waals surface area contributed by atoms with Crippen LogP contribution in [0.1, 0.15) is 32.8 Å². The monoisotopic (exact) mass is 239 g/mol. The van der Waals surface area contributed by atoms with Gasteiger partial charge in [0.05, 0.1) is 10.6 Å². The zero-order valence-electron chi connectivity index (χ0n) is 10.2. The summed E-state index contributed by atoms with van der Waals surface area (Å²) in [5, 5.41) is 0.